The van der Waals surface area contributed by atoms with Crippen LogP contribution in [0.15, 0.2) is 10.7 Å². The lowest BCUT2D eigenvalue weighted by molar-refractivity contribution is 0.00660. The molecule has 0 aliphatic heterocycles. The summed E-state index contributed by atoms with van der Waals surface area (Å²) in [5.41, 5.74) is 0.938. The van der Waals surface area contributed by atoms with Crippen LogP contribution in [-0.2, 0) is 16.0 Å². The van der Waals surface area contributed by atoms with Gasteiger partial charge in [0.1, 0.15) is 0 Å². The van der Waals surface area contributed by atoms with Crippen molar-refractivity contribution >= 4 is 15.9 Å². The molecule has 1 atom stereocenters. The van der Waals surface area contributed by atoms with Crippen LogP contribution in [0.5, 0.6) is 0 Å². The molecular weight excluding hydrogens is 310 g/mol. The van der Waals surface area contributed by atoms with Crippen molar-refractivity contribution in [3.8, 4) is 0 Å². The van der Waals surface area contributed by atoms with Crippen molar-refractivity contribution in [1.82, 2.24) is 15.1 Å². The monoisotopic (exact) mass is 333 g/mol. The number of hydrogen-bond acceptors (Lipinski definition) is 4. The minimum Gasteiger partial charge on any atom is -0.383 e. The van der Waals surface area contributed by atoms with Crippen LogP contribution in [0.4, 0.5) is 0 Å². The van der Waals surface area contributed by atoms with Crippen LogP contribution in [0.25, 0.3) is 0 Å². The van der Waals surface area contributed by atoms with Gasteiger partial charge < -0.3 is 14.8 Å². The van der Waals surface area contributed by atoms with Crippen LogP contribution in [0.1, 0.15) is 32.0 Å². The molecule has 0 radical (unpaired) electrons. The lowest BCUT2D eigenvalue weighted by atomic mass is 9.96. The highest BCUT2D eigenvalue weighted by Gasteiger charge is 2.27. The number of aromatic nitrogens is 2. The Labute approximate surface area is 123 Å². The molecule has 0 amide bonds. The molecule has 1 aromatic heterocycles. The summed E-state index contributed by atoms with van der Waals surface area (Å²) in [6.07, 6.45) is 2.69. The fourth-order valence-electron chi connectivity index (χ4n) is 1.98. The first-order valence-corrected chi connectivity index (χ1v) is 7.17. The van der Waals surface area contributed by atoms with Gasteiger partial charge in [-0.25, -0.2) is 0 Å². The lowest BCUT2D eigenvalue weighted by Crippen LogP contribution is -2.32. The molecule has 19 heavy (non-hydrogen) atoms. The van der Waals surface area contributed by atoms with Crippen LogP contribution < -0.4 is 5.32 Å². The summed E-state index contributed by atoms with van der Waals surface area (Å²) in [6.45, 7) is 5.55. The van der Waals surface area contributed by atoms with Gasteiger partial charge in [0, 0.05) is 14.2 Å². The number of ether oxygens (including phenoxy) is 2. The van der Waals surface area contributed by atoms with E-state index in [1.54, 1.807) is 14.2 Å². The quantitative estimate of drug-likeness (QED) is 0.793. The summed E-state index contributed by atoms with van der Waals surface area (Å²) in [5, 5.41) is 7.73. The molecule has 0 spiro atoms. The second-order valence-electron chi connectivity index (χ2n) is 5.10. The zero-order valence-corrected chi connectivity index (χ0v) is 14.0. The predicted molar refractivity (Wildman–Crippen MR) is 79.3 cm³/mol. The molecule has 0 saturated heterocycles. The van der Waals surface area contributed by atoms with Gasteiger partial charge in [-0.2, -0.15) is 5.10 Å². The van der Waals surface area contributed by atoms with Gasteiger partial charge in [-0.1, -0.05) is 0 Å². The first-order chi connectivity index (χ1) is 8.95. The first kappa shape index (κ1) is 16.6. The molecule has 0 saturated carbocycles. The van der Waals surface area contributed by atoms with Gasteiger partial charge in [0.05, 0.1) is 41.2 Å². The summed E-state index contributed by atoms with van der Waals surface area (Å²) in [5.74, 6) is 0. The Morgan fingerprint density at radius 1 is 1.47 bits per heavy atom. The molecule has 1 unspecified atom stereocenters. The fraction of sp³-hybridized carbons (Fsp3) is 0.769. The summed E-state index contributed by atoms with van der Waals surface area (Å²) in [4.78, 5) is 0. The highest BCUT2D eigenvalue weighted by Crippen LogP contribution is 2.30. The number of methoxy groups -OCH3 is 2. The van der Waals surface area contributed by atoms with E-state index in [0.717, 1.165) is 23.1 Å². The maximum Gasteiger partial charge on any atom is 0.0697 e. The minimum atomic E-state index is -0.191. The summed E-state index contributed by atoms with van der Waals surface area (Å²) in [7, 11) is 5.39. The SMILES string of the molecule is CNC(CC(C)(C)OC)c1c(Br)cnn1CCOC. The van der Waals surface area contributed by atoms with E-state index in [-0.39, 0.29) is 11.6 Å². The maximum absolute atomic E-state index is 5.52. The predicted octanol–water partition coefficient (Wildman–Crippen LogP) is 2.37. The van der Waals surface area contributed by atoms with Crippen molar-refractivity contribution in [3.63, 3.8) is 0 Å². The van der Waals surface area contributed by atoms with Crippen molar-refractivity contribution in [2.24, 2.45) is 0 Å². The highest BCUT2D eigenvalue weighted by atomic mass is 79.9. The average Bonchev–Trinajstić information content (AvgIpc) is 2.75. The van der Waals surface area contributed by atoms with Crippen molar-refractivity contribution in [1.29, 1.82) is 0 Å². The normalized spacial score (nSPS) is 13.8. The van der Waals surface area contributed by atoms with Gasteiger partial charge in [0.2, 0.25) is 0 Å². The topological polar surface area (TPSA) is 48.3 Å². The molecule has 6 heteroatoms. The smallest absolute Gasteiger partial charge is 0.0697 e. The fourth-order valence-corrected chi connectivity index (χ4v) is 2.56. The Kier molecular flexibility index (Phi) is 6.46. The molecule has 0 aliphatic carbocycles. The second-order valence-corrected chi connectivity index (χ2v) is 5.96. The summed E-state index contributed by atoms with van der Waals surface area (Å²) < 4.78 is 13.6. The second kappa shape index (κ2) is 7.38. The van der Waals surface area contributed by atoms with E-state index in [1.165, 1.54) is 0 Å². The number of nitrogens with one attached hydrogen (secondary N) is 1. The molecule has 5 nitrogen and oxygen atoms in total. The Morgan fingerprint density at radius 2 is 2.16 bits per heavy atom. The zero-order valence-electron chi connectivity index (χ0n) is 12.4. The van der Waals surface area contributed by atoms with Gasteiger partial charge in [-0.05, 0) is 43.2 Å². The largest absolute Gasteiger partial charge is 0.383 e. The molecule has 0 fully saturated rings. The van der Waals surface area contributed by atoms with Gasteiger partial charge in [0.25, 0.3) is 0 Å². The third-order valence-corrected chi connectivity index (χ3v) is 3.88. The minimum absolute atomic E-state index is 0.170. The Morgan fingerprint density at radius 3 is 2.68 bits per heavy atom. The van der Waals surface area contributed by atoms with Crippen LogP contribution in [0, 0.1) is 0 Å². The molecule has 0 bridgehead atoms. The molecule has 1 aromatic rings. The van der Waals surface area contributed by atoms with Crippen molar-refractivity contribution in [2.45, 2.75) is 38.5 Å². The van der Waals surface area contributed by atoms with Gasteiger partial charge >= 0.3 is 0 Å². The lowest BCUT2D eigenvalue weighted by Gasteiger charge is -2.29. The molecule has 0 aliphatic rings. The van der Waals surface area contributed by atoms with E-state index in [4.69, 9.17) is 9.47 Å². The van der Waals surface area contributed by atoms with E-state index >= 15 is 0 Å². The van der Waals surface area contributed by atoms with Crippen LogP contribution in [-0.4, -0.2) is 43.3 Å². The van der Waals surface area contributed by atoms with Gasteiger partial charge in [0.15, 0.2) is 0 Å². The highest BCUT2D eigenvalue weighted by molar-refractivity contribution is 9.10. The molecule has 0 aromatic carbocycles. The third-order valence-electron chi connectivity index (χ3n) is 3.27. The molecule has 1 N–H and O–H groups in total. The average molecular weight is 334 g/mol. The Bertz CT molecular complexity index is 393. The zero-order chi connectivity index (χ0) is 14.5. The summed E-state index contributed by atoms with van der Waals surface area (Å²) >= 11 is 3.57. The maximum atomic E-state index is 5.52. The van der Waals surface area contributed by atoms with E-state index in [9.17, 15) is 0 Å². The van der Waals surface area contributed by atoms with Gasteiger partial charge in [-0.15, -0.1) is 0 Å². The van der Waals surface area contributed by atoms with Crippen molar-refractivity contribution in [2.75, 3.05) is 27.9 Å². The van der Waals surface area contributed by atoms with E-state index in [2.05, 4.69) is 40.2 Å². The van der Waals surface area contributed by atoms with E-state index in [0.29, 0.717) is 6.61 Å². The number of rotatable bonds is 8. The van der Waals surface area contributed by atoms with E-state index < -0.39 is 0 Å². The van der Waals surface area contributed by atoms with Crippen LogP contribution in [0.3, 0.4) is 0 Å². The van der Waals surface area contributed by atoms with Crippen molar-refractivity contribution < 1.29 is 9.47 Å². The standard InChI is InChI=1S/C13H24BrN3O2/c1-13(2,19-5)8-11(15-3)12-10(14)9-16-17(12)6-7-18-4/h9,11,15H,6-8H2,1-5H3. The van der Waals surface area contributed by atoms with Crippen LogP contribution >= 0.6 is 15.9 Å². The first-order valence-electron chi connectivity index (χ1n) is 6.37. The van der Waals surface area contributed by atoms with Gasteiger partial charge in [-0.3, -0.25) is 4.68 Å². The molecular formula is C13H24BrN3O2. The molecule has 1 heterocycles. The molecule has 1 rings (SSSR count). The third kappa shape index (κ3) is 4.56. The Hall–Kier alpha value is -0.430. The number of hydrogen-bond donors (Lipinski definition) is 1. The number of nitrogens with zero attached hydrogens (tertiary/aromatic N) is 2. The van der Waals surface area contributed by atoms with Crippen LogP contribution in [0.2, 0.25) is 0 Å². The van der Waals surface area contributed by atoms with Crippen molar-refractivity contribution in [3.05, 3.63) is 16.4 Å². The summed E-state index contributed by atoms with van der Waals surface area (Å²) in [6, 6.07) is 0.170. The van der Waals surface area contributed by atoms with E-state index in [1.807, 2.05) is 17.9 Å². The number of halogens is 1. The Balaban J connectivity index is 2.94. The molecule has 110 valence electrons.